The van der Waals surface area contributed by atoms with E-state index in [2.05, 4.69) is 10.2 Å². The molecule has 3 atom stereocenters. The smallest absolute Gasteiger partial charge is 0.0506 e. The van der Waals surface area contributed by atoms with E-state index >= 15 is 0 Å². The number of hydrogen-bond acceptors (Lipinski definition) is 3. The topological polar surface area (TPSA) is 24.5 Å². The molecule has 3 unspecified atom stereocenters. The van der Waals surface area contributed by atoms with Gasteiger partial charge in [-0.3, -0.25) is 0 Å². The maximum absolute atomic E-state index is 5.57. The molecule has 3 nitrogen and oxygen atoms in total. The van der Waals surface area contributed by atoms with Crippen molar-refractivity contribution in [2.24, 2.45) is 17.8 Å². The lowest BCUT2D eigenvalue weighted by molar-refractivity contribution is 0.0283. The highest BCUT2D eigenvalue weighted by molar-refractivity contribution is 5.85. The molecule has 3 fully saturated rings. The standard InChI is InChI=1S/C13H24N2O.ClH/c1-2-11(10-16-5-1)8-15-4-3-12-6-14-7-13(12)9-15;/h11-14H,1-10H2;1H. The van der Waals surface area contributed by atoms with Gasteiger partial charge in [0.1, 0.15) is 0 Å². The second-order valence-corrected chi connectivity index (χ2v) is 5.81. The van der Waals surface area contributed by atoms with Gasteiger partial charge < -0.3 is 15.0 Å². The SMILES string of the molecule is C1COCC(CN2CCC3CNCC3C2)C1.Cl. The quantitative estimate of drug-likeness (QED) is 0.812. The Hall–Kier alpha value is 0.170. The summed E-state index contributed by atoms with van der Waals surface area (Å²) in [5.74, 6) is 2.71. The van der Waals surface area contributed by atoms with Crippen LogP contribution >= 0.6 is 12.4 Å². The van der Waals surface area contributed by atoms with Crippen LogP contribution in [0.4, 0.5) is 0 Å². The van der Waals surface area contributed by atoms with Crippen LogP contribution < -0.4 is 5.32 Å². The maximum Gasteiger partial charge on any atom is 0.0506 e. The van der Waals surface area contributed by atoms with Crippen molar-refractivity contribution >= 4 is 12.4 Å². The van der Waals surface area contributed by atoms with Gasteiger partial charge in [0.25, 0.3) is 0 Å². The van der Waals surface area contributed by atoms with Crippen molar-refractivity contribution in [2.75, 3.05) is 45.9 Å². The fraction of sp³-hybridized carbons (Fsp3) is 1.00. The second kappa shape index (κ2) is 6.37. The first kappa shape index (κ1) is 13.6. The first-order chi connectivity index (χ1) is 7.92. The number of piperidine rings is 1. The summed E-state index contributed by atoms with van der Waals surface area (Å²) in [4.78, 5) is 2.69. The Balaban J connectivity index is 0.00000108. The Kier molecular flexibility index (Phi) is 5.10. The van der Waals surface area contributed by atoms with Crippen LogP contribution in [0.3, 0.4) is 0 Å². The van der Waals surface area contributed by atoms with Crippen LogP contribution in [0.2, 0.25) is 0 Å². The van der Waals surface area contributed by atoms with Crippen molar-refractivity contribution in [3.8, 4) is 0 Å². The number of fused-ring (bicyclic) bond motifs is 1. The molecule has 0 aromatic carbocycles. The normalized spacial score (nSPS) is 38.5. The molecule has 100 valence electrons. The third-order valence-corrected chi connectivity index (χ3v) is 4.56. The molecule has 0 spiro atoms. The molecule has 0 saturated carbocycles. The van der Waals surface area contributed by atoms with E-state index in [9.17, 15) is 0 Å². The van der Waals surface area contributed by atoms with Gasteiger partial charge in [0.15, 0.2) is 0 Å². The molecule has 0 aliphatic carbocycles. The first-order valence-electron chi connectivity index (χ1n) is 6.92. The summed E-state index contributed by atoms with van der Waals surface area (Å²) in [6.45, 7) is 8.44. The minimum absolute atomic E-state index is 0. The van der Waals surface area contributed by atoms with Crippen LogP contribution in [0.1, 0.15) is 19.3 Å². The van der Waals surface area contributed by atoms with E-state index in [1.165, 1.54) is 52.0 Å². The Bertz CT molecular complexity index is 233. The summed E-state index contributed by atoms with van der Waals surface area (Å²) in [7, 11) is 0. The first-order valence-corrected chi connectivity index (χ1v) is 6.92. The molecule has 3 saturated heterocycles. The molecular weight excluding hydrogens is 236 g/mol. The molecule has 0 radical (unpaired) electrons. The van der Waals surface area contributed by atoms with Crippen molar-refractivity contribution in [3.63, 3.8) is 0 Å². The summed E-state index contributed by atoms with van der Waals surface area (Å²) in [6.07, 6.45) is 4.06. The Morgan fingerprint density at radius 2 is 2.06 bits per heavy atom. The number of nitrogens with zero attached hydrogens (tertiary/aromatic N) is 1. The van der Waals surface area contributed by atoms with Gasteiger partial charge in [0.2, 0.25) is 0 Å². The van der Waals surface area contributed by atoms with Gasteiger partial charge in [-0.25, -0.2) is 0 Å². The minimum Gasteiger partial charge on any atom is -0.381 e. The van der Waals surface area contributed by atoms with Crippen molar-refractivity contribution in [1.29, 1.82) is 0 Å². The maximum atomic E-state index is 5.57. The summed E-state index contributed by atoms with van der Waals surface area (Å²) < 4.78 is 5.57. The van der Waals surface area contributed by atoms with E-state index in [1.54, 1.807) is 0 Å². The van der Waals surface area contributed by atoms with Gasteiger partial charge in [-0.2, -0.15) is 0 Å². The van der Waals surface area contributed by atoms with E-state index in [-0.39, 0.29) is 12.4 Å². The van der Waals surface area contributed by atoms with E-state index in [4.69, 9.17) is 4.74 Å². The Morgan fingerprint density at radius 1 is 1.18 bits per heavy atom. The molecule has 0 aromatic heterocycles. The number of ether oxygens (including phenoxy) is 1. The lowest BCUT2D eigenvalue weighted by Crippen LogP contribution is -2.43. The zero-order valence-corrected chi connectivity index (χ0v) is 11.4. The zero-order chi connectivity index (χ0) is 10.8. The number of rotatable bonds is 2. The monoisotopic (exact) mass is 260 g/mol. The highest BCUT2D eigenvalue weighted by atomic mass is 35.5. The molecule has 3 aliphatic heterocycles. The zero-order valence-electron chi connectivity index (χ0n) is 10.6. The molecule has 0 amide bonds. The largest absolute Gasteiger partial charge is 0.381 e. The van der Waals surface area contributed by atoms with Gasteiger partial charge in [-0.15, -0.1) is 12.4 Å². The van der Waals surface area contributed by atoms with Gasteiger partial charge in [-0.1, -0.05) is 0 Å². The summed E-state index contributed by atoms with van der Waals surface area (Å²) in [5, 5.41) is 3.54. The molecule has 17 heavy (non-hydrogen) atoms. The van der Waals surface area contributed by atoms with Crippen LogP contribution in [-0.4, -0.2) is 50.8 Å². The second-order valence-electron chi connectivity index (χ2n) is 5.81. The van der Waals surface area contributed by atoms with Crippen molar-refractivity contribution in [1.82, 2.24) is 10.2 Å². The molecule has 0 bridgehead atoms. The highest BCUT2D eigenvalue weighted by Gasteiger charge is 2.33. The number of nitrogens with one attached hydrogen (secondary N) is 1. The van der Waals surface area contributed by atoms with Crippen molar-refractivity contribution in [3.05, 3.63) is 0 Å². The molecule has 0 aromatic rings. The number of halogens is 1. The van der Waals surface area contributed by atoms with Crippen LogP contribution in [0.25, 0.3) is 0 Å². The molecule has 3 rings (SSSR count). The summed E-state index contributed by atoms with van der Waals surface area (Å²) >= 11 is 0. The van der Waals surface area contributed by atoms with Crippen molar-refractivity contribution < 1.29 is 4.74 Å². The lowest BCUT2D eigenvalue weighted by atomic mass is 9.88. The van der Waals surface area contributed by atoms with E-state index in [0.717, 1.165) is 31.0 Å². The van der Waals surface area contributed by atoms with Crippen LogP contribution in [0.5, 0.6) is 0 Å². The van der Waals surface area contributed by atoms with Gasteiger partial charge >= 0.3 is 0 Å². The molecule has 3 heterocycles. The predicted octanol–water partition coefficient (Wildman–Crippen LogP) is 1.38. The predicted molar refractivity (Wildman–Crippen MR) is 71.7 cm³/mol. The van der Waals surface area contributed by atoms with E-state index in [0.29, 0.717) is 0 Å². The van der Waals surface area contributed by atoms with Crippen LogP contribution in [-0.2, 0) is 4.74 Å². The summed E-state index contributed by atoms with van der Waals surface area (Å²) in [6, 6.07) is 0. The Morgan fingerprint density at radius 3 is 2.88 bits per heavy atom. The van der Waals surface area contributed by atoms with Gasteiger partial charge in [0, 0.05) is 19.7 Å². The van der Waals surface area contributed by atoms with Crippen LogP contribution in [0, 0.1) is 17.8 Å². The molecule has 4 heteroatoms. The minimum atomic E-state index is 0. The number of hydrogen-bond donors (Lipinski definition) is 1. The average molecular weight is 261 g/mol. The molecular formula is C13H25ClN2O. The van der Waals surface area contributed by atoms with Gasteiger partial charge in [0.05, 0.1) is 6.61 Å². The Labute approximate surface area is 111 Å². The lowest BCUT2D eigenvalue weighted by Gasteiger charge is -2.37. The van der Waals surface area contributed by atoms with E-state index < -0.39 is 0 Å². The van der Waals surface area contributed by atoms with Gasteiger partial charge in [-0.05, 0) is 56.7 Å². The third kappa shape index (κ3) is 3.34. The fourth-order valence-corrected chi connectivity index (χ4v) is 3.59. The third-order valence-electron chi connectivity index (χ3n) is 4.56. The van der Waals surface area contributed by atoms with Crippen molar-refractivity contribution in [2.45, 2.75) is 19.3 Å². The fourth-order valence-electron chi connectivity index (χ4n) is 3.59. The average Bonchev–Trinajstić information content (AvgIpc) is 2.77. The van der Waals surface area contributed by atoms with E-state index in [1.807, 2.05) is 0 Å². The highest BCUT2D eigenvalue weighted by Crippen LogP contribution is 2.27. The number of likely N-dealkylation sites (tertiary alicyclic amines) is 1. The van der Waals surface area contributed by atoms with Crippen LogP contribution in [0.15, 0.2) is 0 Å². The molecule has 1 N–H and O–H groups in total. The summed E-state index contributed by atoms with van der Waals surface area (Å²) in [5.41, 5.74) is 0. The molecule has 3 aliphatic rings.